The van der Waals surface area contributed by atoms with E-state index in [2.05, 4.69) is 6.08 Å². The largest absolute Gasteiger partial charge is 0.452 e. The molecule has 1 aromatic heterocycles. The van der Waals surface area contributed by atoms with E-state index in [-0.39, 0.29) is 18.6 Å². The molecule has 5 nitrogen and oxygen atoms in total. The van der Waals surface area contributed by atoms with Gasteiger partial charge in [-0.2, -0.15) is 0 Å². The van der Waals surface area contributed by atoms with E-state index in [1.54, 1.807) is 4.90 Å². The van der Waals surface area contributed by atoms with E-state index in [9.17, 15) is 9.59 Å². The van der Waals surface area contributed by atoms with Gasteiger partial charge in [-0.3, -0.25) is 4.79 Å². The van der Waals surface area contributed by atoms with Crippen LogP contribution < -0.4 is 0 Å². The second kappa shape index (κ2) is 10.2. The van der Waals surface area contributed by atoms with Crippen LogP contribution in [0.15, 0.2) is 48.5 Å². The predicted octanol–water partition coefficient (Wildman–Crippen LogP) is 6.32. The number of hydrogen-bond acceptors (Lipinski definition) is 4. The molecule has 0 aliphatic heterocycles. The molecule has 2 aliphatic rings. The summed E-state index contributed by atoms with van der Waals surface area (Å²) in [5, 5.41) is 1.45. The fraction of sp³-hybridized carbons (Fsp3) is 0.345. The summed E-state index contributed by atoms with van der Waals surface area (Å²) < 4.78 is 5.61. The Hall–Kier alpha value is -3.18. The minimum Gasteiger partial charge on any atom is -0.452 e. The number of hydrogen-bond donors (Lipinski definition) is 0. The maximum Gasteiger partial charge on any atom is 0.339 e. The molecule has 0 unspecified atom stereocenters. The summed E-state index contributed by atoms with van der Waals surface area (Å²) in [5.74, 6) is -0.610. The maximum atomic E-state index is 13.4. The van der Waals surface area contributed by atoms with Crippen molar-refractivity contribution in [3.05, 3.63) is 75.9 Å². The number of carbonyl (C=O) groups excluding carboxylic acids is 2. The number of amides is 1. The molecule has 3 aromatic rings. The number of likely N-dealkylation sites (N-methyl/N-ethyl adjacent to an activating group) is 1. The zero-order chi connectivity index (χ0) is 24.4. The molecule has 1 heterocycles. The standard InChI is InChI=1S/C29H29ClN2O3/c1-32(22-7-3-2-4-8-22)26(33)18-35-29(34)27-23-9-5-6-10-25(23)31-28-20(13-16-24(27)28)17-19-11-14-21(30)15-12-19/h5-6,9-12,14-15,17,22H,2-4,7-8,13,16,18H2,1H3/b20-17+. The van der Waals surface area contributed by atoms with Gasteiger partial charge in [0.05, 0.1) is 16.8 Å². The van der Waals surface area contributed by atoms with E-state index in [0.29, 0.717) is 17.0 Å². The van der Waals surface area contributed by atoms with Crippen LogP contribution in [0.25, 0.3) is 22.6 Å². The predicted molar refractivity (Wildman–Crippen MR) is 139 cm³/mol. The summed E-state index contributed by atoms with van der Waals surface area (Å²) in [5.41, 5.74) is 5.10. The van der Waals surface area contributed by atoms with Gasteiger partial charge in [0.15, 0.2) is 6.61 Å². The summed E-state index contributed by atoms with van der Waals surface area (Å²) in [7, 11) is 1.82. The van der Waals surface area contributed by atoms with Crippen molar-refractivity contribution in [1.29, 1.82) is 0 Å². The topological polar surface area (TPSA) is 59.5 Å². The van der Waals surface area contributed by atoms with E-state index in [1.165, 1.54) is 6.42 Å². The van der Waals surface area contributed by atoms with Crippen molar-refractivity contribution in [3.8, 4) is 0 Å². The fourth-order valence-electron chi connectivity index (χ4n) is 5.25. The van der Waals surface area contributed by atoms with Crippen LogP contribution in [0, 0.1) is 0 Å². The molecule has 0 spiro atoms. The van der Waals surface area contributed by atoms with E-state index in [0.717, 1.165) is 65.4 Å². The lowest BCUT2D eigenvalue weighted by Crippen LogP contribution is -2.40. The van der Waals surface area contributed by atoms with Crippen molar-refractivity contribution in [2.24, 2.45) is 0 Å². The van der Waals surface area contributed by atoms with Gasteiger partial charge in [0.2, 0.25) is 0 Å². The maximum absolute atomic E-state index is 13.4. The van der Waals surface area contributed by atoms with Crippen LogP contribution in [0.2, 0.25) is 5.02 Å². The number of esters is 1. The Labute approximate surface area is 210 Å². The van der Waals surface area contributed by atoms with Gasteiger partial charge in [-0.25, -0.2) is 9.78 Å². The lowest BCUT2D eigenvalue weighted by Gasteiger charge is -2.31. The fourth-order valence-corrected chi connectivity index (χ4v) is 5.37. The highest BCUT2D eigenvalue weighted by atomic mass is 35.5. The van der Waals surface area contributed by atoms with Crippen molar-refractivity contribution in [1.82, 2.24) is 9.88 Å². The number of ether oxygens (including phenoxy) is 1. The lowest BCUT2D eigenvalue weighted by atomic mass is 9.94. The molecular formula is C29H29ClN2O3. The van der Waals surface area contributed by atoms with Crippen LogP contribution in [0.3, 0.4) is 0 Å². The zero-order valence-electron chi connectivity index (χ0n) is 19.9. The molecule has 1 fully saturated rings. The number of para-hydroxylation sites is 1. The molecule has 5 rings (SSSR count). The SMILES string of the molecule is CN(C(=O)COC(=O)c1c2c(nc3ccccc13)/C(=C/c1ccc(Cl)cc1)CC2)C1CCCCC1. The van der Waals surface area contributed by atoms with Crippen LogP contribution in [0.1, 0.15) is 65.7 Å². The van der Waals surface area contributed by atoms with Crippen LogP contribution in [-0.2, 0) is 16.0 Å². The Morgan fingerprint density at radius 3 is 2.57 bits per heavy atom. The number of halogens is 1. The highest BCUT2D eigenvalue weighted by Gasteiger charge is 2.29. The monoisotopic (exact) mass is 488 g/mol. The van der Waals surface area contributed by atoms with Gasteiger partial charge in [0, 0.05) is 23.5 Å². The molecule has 2 aromatic carbocycles. The first-order chi connectivity index (χ1) is 17.0. The van der Waals surface area contributed by atoms with Crippen molar-refractivity contribution in [2.45, 2.75) is 51.0 Å². The molecular weight excluding hydrogens is 460 g/mol. The Morgan fingerprint density at radius 1 is 1.06 bits per heavy atom. The number of benzene rings is 2. The molecule has 0 bridgehead atoms. The Kier molecular flexibility index (Phi) is 6.87. The molecule has 1 saturated carbocycles. The Bertz CT molecular complexity index is 1290. The van der Waals surface area contributed by atoms with E-state index in [1.807, 2.05) is 55.6 Å². The van der Waals surface area contributed by atoms with Gasteiger partial charge < -0.3 is 9.64 Å². The van der Waals surface area contributed by atoms with E-state index < -0.39 is 5.97 Å². The first-order valence-electron chi connectivity index (χ1n) is 12.3. The number of aromatic nitrogens is 1. The van der Waals surface area contributed by atoms with Crippen LogP contribution in [0.4, 0.5) is 0 Å². The van der Waals surface area contributed by atoms with Gasteiger partial charge in [-0.15, -0.1) is 0 Å². The first kappa shape index (κ1) is 23.6. The lowest BCUT2D eigenvalue weighted by molar-refractivity contribution is -0.135. The summed E-state index contributed by atoms with van der Waals surface area (Å²) in [6.45, 7) is -0.245. The number of nitrogens with zero attached hydrogens (tertiary/aromatic N) is 2. The van der Waals surface area contributed by atoms with Crippen molar-refractivity contribution < 1.29 is 14.3 Å². The average Bonchev–Trinajstić information content (AvgIpc) is 3.28. The van der Waals surface area contributed by atoms with Crippen LogP contribution in [0.5, 0.6) is 0 Å². The third kappa shape index (κ3) is 4.96. The summed E-state index contributed by atoms with van der Waals surface area (Å²) in [4.78, 5) is 32.8. The van der Waals surface area contributed by atoms with Crippen LogP contribution in [-0.4, -0.2) is 41.5 Å². The third-order valence-corrected chi connectivity index (χ3v) is 7.45. The van der Waals surface area contributed by atoms with Crippen molar-refractivity contribution in [3.63, 3.8) is 0 Å². The molecule has 35 heavy (non-hydrogen) atoms. The Morgan fingerprint density at radius 2 is 1.80 bits per heavy atom. The third-order valence-electron chi connectivity index (χ3n) is 7.20. The molecule has 6 heteroatoms. The highest BCUT2D eigenvalue weighted by Crippen LogP contribution is 2.38. The average molecular weight is 489 g/mol. The van der Waals surface area contributed by atoms with Gasteiger partial charge in [-0.1, -0.05) is 61.2 Å². The Balaban J connectivity index is 1.42. The quantitative estimate of drug-likeness (QED) is 0.394. The molecule has 180 valence electrons. The molecule has 0 N–H and O–H groups in total. The second-order valence-electron chi connectivity index (χ2n) is 9.42. The number of carbonyl (C=O) groups is 2. The van der Waals surface area contributed by atoms with Crippen molar-refractivity contribution in [2.75, 3.05) is 13.7 Å². The summed E-state index contributed by atoms with van der Waals surface area (Å²) >= 11 is 6.03. The van der Waals surface area contributed by atoms with E-state index >= 15 is 0 Å². The number of pyridine rings is 1. The molecule has 0 atom stereocenters. The minimum atomic E-state index is -0.460. The molecule has 1 amide bonds. The van der Waals surface area contributed by atoms with Crippen LogP contribution >= 0.6 is 11.6 Å². The smallest absolute Gasteiger partial charge is 0.339 e. The minimum absolute atomic E-state index is 0.149. The second-order valence-corrected chi connectivity index (χ2v) is 9.86. The van der Waals surface area contributed by atoms with Gasteiger partial charge in [0.1, 0.15) is 0 Å². The van der Waals surface area contributed by atoms with Gasteiger partial charge in [0.25, 0.3) is 5.91 Å². The molecule has 0 radical (unpaired) electrons. The van der Waals surface area contributed by atoms with Gasteiger partial charge >= 0.3 is 5.97 Å². The highest BCUT2D eigenvalue weighted by molar-refractivity contribution is 6.30. The summed E-state index contributed by atoms with van der Waals surface area (Å²) in [6.07, 6.45) is 9.12. The molecule has 2 aliphatic carbocycles. The zero-order valence-corrected chi connectivity index (χ0v) is 20.7. The normalized spacial score (nSPS) is 16.9. The van der Waals surface area contributed by atoms with E-state index in [4.69, 9.17) is 21.3 Å². The number of allylic oxidation sites excluding steroid dienone is 1. The van der Waals surface area contributed by atoms with Crippen molar-refractivity contribution >= 4 is 46.0 Å². The first-order valence-corrected chi connectivity index (χ1v) is 12.7. The summed E-state index contributed by atoms with van der Waals surface area (Å²) in [6, 6.07) is 15.5. The van der Waals surface area contributed by atoms with Gasteiger partial charge in [-0.05, 0) is 66.7 Å². The number of rotatable bonds is 5. The number of fused-ring (bicyclic) bond motifs is 2. The molecule has 0 saturated heterocycles.